The van der Waals surface area contributed by atoms with E-state index in [0.717, 1.165) is 4.90 Å². The molecule has 0 aliphatic rings. The summed E-state index contributed by atoms with van der Waals surface area (Å²) in [4.78, 5) is 12.9. The number of rotatable bonds is 5. The molecule has 1 rings (SSSR count). The standard InChI is InChI=1S/C11H11Cl2F2NO/c12-4-5-16(7-10(14)15)11(17)8-2-1-3-9(13)6-8/h1-3,6,10H,4-5,7H2. The van der Waals surface area contributed by atoms with Gasteiger partial charge in [-0.25, -0.2) is 8.78 Å². The average molecular weight is 282 g/mol. The van der Waals surface area contributed by atoms with Crippen molar-refractivity contribution in [3.63, 3.8) is 0 Å². The Morgan fingerprint density at radius 3 is 2.65 bits per heavy atom. The summed E-state index contributed by atoms with van der Waals surface area (Å²) in [7, 11) is 0. The molecule has 0 fully saturated rings. The number of amides is 1. The maximum absolute atomic E-state index is 12.3. The monoisotopic (exact) mass is 281 g/mol. The summed E-state index contributed by atoms with van der Waals surface area (Å²) in [5, 5.41) is 0.388. The molecule has 0 aromatic heterocycles. The minimum absolute atomic E-state index is 0.0806. The molecule has 0 aliphatic heterocycles. The Hall–Kier alpha value is -0.870. The van der Waals surface area contributed by atoms with Crippen LogP contribution in [0.1, 0.15) is 10.4 Å². The predicted octanol–water partition coefficient (Wildman–Crippen LogP) is 3.29. The van der Waals surface area contributed by atoms with Crippen molar-refractivity contribution in [1.82, 2.24) is 4.90 Å². The van der Waals surface area contributed by atoms with Crippen LogP contribution in [0.3, 0.4) is 0 Å². The molecule has 1 amide bonds. The zero-order chi connectivity index (χ0) is 12.8. The smallest absolute Gasteiger partial charge is 0.255 e. The molecule has 0 saturated carbocycles. The van der Waals surface area contributed by atoms with Gasteiger partial charge in [0.05, 0.1) is 6.54 Å². The Bertz CT molecular complexity index is 387. The third kappa shape index (κ3) is 4.48. The highest BCUT2D eigenvalue weighted by Gasteiger charge is 2.19. The molecule has 0 spiro atoms. The number of benzene rings is 1. The Morgan fingerprint density at radius 1 is 1.41 bits per heavy atom. The summed E-state index contributed by atoms with van der Waals surface area (Å²) in [6.45, 7) is -0.546. The Labute approximate surface area is 108 Å². The van der Waals surface area contributed by atoms with Gasteiger partial charge in [0, 0.05) is 23.0 Å². The van der Waals surface area contributed by atoms with Gasteiger partial charge in [-0.2, -0.15) is 0 Å². The molecule has 6 heteroatoms. The minimum atomic E-state index is -2.58. The Morgan fingerprint density at radius 2 is 2.12 bits per heavy atom. The molecule has 94 valence electrons. The van der Waals surface area contributed by atoms with Crippen LogP contribution in [-0.2, 0) is 0 Å². The molecule has 0 radical (unpaired) electrons. The molecule has 2 nitrogen and oxygen atoms in total. The molecule has 0 unspecified atom stereocenters. The van der Waals surface area contributed by atoms with Crippen LogP contribution in [0.5, 0.6) is 0 Å². The van der Waals surface area contributed by atoms with Gasteiger partial charge in [0.25, 0.3) is 12.3 Å². The zero-order valence-corrected chi connectivity index (χ0v) is 10.4. The molecular weight excluding hydrogens is 271 g/mol. The van der Waals surface area contributed by atoms with Crippen molar-refractivity contribution in [2.45, 2.75) is 6.43 Å². The summed E-state index contributed by atoms with van der Waals surface area (Å²) in [6.07, 6.45) is -2.58. The number of alkyl halides is 3. The third-order valence-electron chi connectivity index (χ3n) is 2.07. The van der Waals surface area contributed by atoms with E-state index in [9.17, 15) is 13.6 Å². The van der Waals surface area contributed by atoms with Gasteiger partial charge in [-0.1, -0.05) is 17.7 Å². The lowest BCUT2D eigenvalue weighted by Gasteiger charge is -2.21. The van der Waals surface area contributed by atoms with Gasteiger partial charge < -0.3 is 4.90 Å². The first-order chi connectivity index (χ1) is 8.04. The molecule has 0 heterocycles. The van der Waals surface area contributed by atoms with Crippen LogP contribution in [-0.4, -0.2) is 36.2 Å². The molecule has 1 aromatic rings. The van der Waals surface area contributed by atoms with Gasteiger partial charge in [0.15, 0.2) is 0 Å². The number of hydrogen-bond donors (Lipinski definition) is 0. The van der Waals surface area contributed by atoms with Gasteiger partial charge in [0.1, 0.15) is 0 Å². The van der Waals surface area contributed by atoms with E-state index in [0.29, 0.717) is 5.02 Å². The summed E-state index contributed by atoms with van der Waals surface area (Å²) < 4.78 is 24.6. The van der Waals surface area contributed by atoms with Crippen LogP contribution in [0.2, 0.25) is 5.02 Å². The van der Waals surface area contributed by atoms with Crippen molar-refractivity contribution < 1.29 is 13.6 Å². The lowest BCUT2D eigenvalue weighted by Crippen LogP contribution is -2.36. The first kappa shape index (κ1) is 14.2. The van der Waals surface area contributed by atoms with Crippen LogP contribution in [0.25, 0.3) is 0 Å². The van der Waals surface area contributed by atoms with Crippen molar-refractivity contribution in [3.05, 3.63) is 34.9 Å². The van der Waals surface area contributed by atoms with E-state index >= 15 is 0 Å². The van der Waals surface area contributed by atoms with Crippen molar-refractivity contribution >= 4 is 29.1 Å². The van der Waals surface area contributed by atoms with E-state index in [2.05, 4.69) is 0 Å². The van der Waals surface area contributed by atoms with Crippen molar-refractivity contribution in [1.29, 1.82) is 0 Å². The second-order valence-electron chi connectivity index (χ2n) is 3.34. The fourth-order valence-corrected chi connectivity index (χ4v) is 1.74. The first-order valence-electron chi connectivity index (χ1n) is 4.93. The average Bonchev–Trinajstić information content (AvgIpc) is 2.27. The number of nitrogens with zero attached hydrogens (tertiary/aromatic N) is 1. The van der Waals surface area contributed by atoms with Crippen LogP contribution in [0, 0.1) is 0 Å². The van der Waals surface area contributed by atoms with E-state index in [1.807, 2.05) is 0 Å². The second kappa shape index (κ2) is 6.77. The first-order valence-corrected chi connectivity index (χ1v) is 5.84. The van der Waals surface area contributed by atoms with Crippen molar-refractivity contribution in [3.8, 4) is 0 Å². The highest BCUT2D eigenvalue weighted by molar-refractivity contribution is 6.30. The predicted molar refractivity (Wildman–Crippen MR) is 64.1 cm³/mol. The molecular formula is C11H11Cl2F2NO. The van der Waals surface area contributed by atoms with Gasteiger partial charge in [-0.05, 0) is 18.2 Å². The molecule has 0 bridgehead atoms. The molecule has 0 N–H and O–H groups in total. The fourth-order valence-electron chi connectivity index (χ4n) is 1.35. The number of carbonyl (C=O) groups excluding carboxylic acids is 1. The van der Waals surface area contributed by atoms with Crippen molar-refractivity contribution in [2.75, 3.05) is 19.0 Å². The van der Waals surface area contributed by atoms with Crippen LogP contribution in [0.15, 0.2) is 24.3 Å². The number of hydrogen-bond acceptors (Lipinski definition) is 1. The maximum atomic E-state index is 12.3. The highest BCUT2D eigenvalue weighted by atomic mass is 35.5. The molecule has 1 aromatic carbocycles. The summed E-state index contributed by atoms with van der Waals surface area (Å²) in [5.41, 5.74) is 0.281. The second-order valence-corrected chi connectivity index (χ2v) is 4.16. The zero-order valence-electron chi connectivity index (χ0n) is 8.88. The normalized spacial score (nSPS) is 10.6. The van der Waals surface area contributed by atoms with E-state index in [4.69, 9.17) is 23.2 Å². The van der Waals surface area contributed by atoms with E-state index in [1.165, 1.54) is 12.1 Å². The van der Waals surface area contributed by atoms with Gasteiger partial charge in [-0.3, -0.25) is 4.79 Å². The van der Waals surface area contributed by atoms with Gasteiger partial charge in [0.2, 0.25) is 0 Å². The van der Waals surface area contributed by atoms with Gasteiger partial charge in [-0.15, -0.1) is 11.6 Å². The van der Waals surface area contributed by atoms with Crippen LogP contribution in [0.4, 0.5) is 8.78 Å². The molecule has 0 aliphatic carbocycles. The lowest BCUT2D eigenvalue weighted by molar-refractivity contribution is 0.0571. The summed E-state index contributed by atoms with van der Waals surface area (Å²) in [6, 6.07) is 6.17. The topological polar surface area (TPSA) is 20.3 Å². The molecule has 0 atom stereocenters. The summed E-state index contributed by atoms with van der Waals surface area (Å²) >= 11 is 11.2. The Balaban J connectivity index is 2.83. The van der Waals surface area contributed by atoms with Gasteiger partial charge >= 0.3 is 0 Å². The van der Waals surface area contributed by atoms with Crippen LogP contribution < -0.4 is 0 Å². The quantitative estimate of drug-likeness (QED) is 0.759. The van der Waals surface area contributed by atoms with E-state index in [1.54, 1.807) is 12.1 Å². The largest absolute Gasteiger partial charge is 0.332 e. The third-order valence-corrected chi connectivity index (χ3v) is 2.48. The highest BCUT2D eigenvalue weighted by Crippen LogP contribution is 2.13. The number of halogens is 4. The molecule has 0 saturated heterocycles. The van der Waals surface area contributed by atoms with Crippen LogP contribution >= 0.6 is 23.2 Å². The number of carbonyl (C=O) groups is 1. The lowest BCUT2D eigenvalue weighted by atomic mass is 10.2. The minimum Gasteiger partial charge on any atom is -0.332 e. The van der Waals surface area contributed by atoms with E-state index < -0.39 is 18.9 Å². The Kier molecular flexibility index (Phi) is 5.65. The SMILES string of the molecule is O=C(c1cccc(Cl)c1)N(CCCl)CC(F)F. The maximum Gasteiger partial charge on any atom is 0.255 e. The summed E-state index contributed by atoms with van der Waals surface area (Å²) in [5.74, 6) is -0.382. The van der Waals surface area contributed by atoms with E-state index in [-0.39, 0.29) is 18.0 Å². The molecule has 17 heavy (non-hydrogen) atoms. The fraction of sp³-hybridized carbons (Fsp3) is 0.364. The van der Waals surface area contributed by atoms with Crippen molar-refractivity contribution in [2.24, 2.45) is 0 Å².